The zero-order valence-electron chi connectivity index (χ0n) is 14.7. The van der Waals surface area contributed by atoms with Crippen LogP contribution in [0.2, 0.25) is 0 Å². The maximum Gasteiger partial charge on any atom is 0.252 e. The van der Waals surface area contributed by atoms with Gasteiger partial charge in [0.05, 0.1) is 33.0 Å². The van der Waals surface area contributed by atoms with Gasteiger partial charge in [0.15, 0.2) is 15.0 Å². The van der Waals surface area contributed by atoms with Gasteiger partial charge in [-0.3, -0.25) is 4.79 Å². The maximum absolute atomic E-state index is 13.2. The molecule has 0 atom stereocenters. The first-order valence-corrected chi connectivity index (χ1v) is 10.9. The number of amides is 1. The molecule has 7 nitrogen and oxygen atoms in total. The fourth-order valence-electron chi connectivity index (χ4n) is 2.57. The molecular weight excluding hydrogens is 405 g/mol. The predicted molar refractivity (Wildman–Crippen MR) is 106 cm³/mol. The molecule has 0 spiro atoms. The van der Waals surface area contributed by atoms with Crippen LogP contribution in [0.5, 0.6) is 0 Å². The number of rotatable bonds is 8. The Morgan fingerprint density at radius 2 is 1.96 bits per heavy atom. The van der Waals surface area contributed by atoms with Crippen LogP contribution in [0.25, 0.3) is 10.2 Å². The van der Waals surface area contributed by atoms with Gasteiger partial charge in [0.25, 0.3) is 5.91 Å². The summed E-state index contributed by atoms with van der Waals surface area (Å²) >= 11 is 1.30. The van der Waals surface area contributed by atoms with Crippen LogP contribution >= 0.6 is 11.3 Å². The van der Waals surface area contributed by atoms with Crippen LogP contribution in [0.1, 0.15) is 10.4 Å². The molecule has 0 saturated carbocycles. The summed E-state index contributed by atoms with van der Waals surface area (Å²) in [6, 6.07) is 10.2. The SMILES string of the molecule is O=C(NCCNc1nc2ccc(F)cc2s1)c1ccccc1S(=O)(=O)CCO. The van der Waals surface area contributed by atoms with E-state index in [2.05, 4.69) is 15.6 Å². The number of anilines is 1. The summed E-state index contributed by atoms with van der Waals surface area (Å²) < 4.78 is 38.3. The van der Waals surface area contributed by atoms with Crippen LogP contribution < -0.4 is 10.6 Å². The molecule has 0 aliphatic carbocycles. The smallest absolute Gasteiger partial charge is 0.252 e. The van der Waals surface area contributed by atoms with Crippen molar-refractivity contribution in [2.75, 3.05) is 30.8 Å². The van der Waals surface area contributed by atoms with Crippen molar-refractivity contribution in [3.8, 4) is 0 Å². The van der Waals surface area contributed by atoms with Crippen molar-refractivity contribution in [3.63, 3.8) is 0 Å². The molecule has 28 heavy (non-hydrogen) atoms. The third-order valence-electron chi connectivity index (χ3n) is 3.86. The Morgan fingerprint density at radius 1 is 1.18 bits per heavy atom. The van der Waals surface area contributed by atoms with Gasteiger partial charge in [0.2, 0.25) is 0 Å². The molecule has 0 saturated heterocycles. The minimum atomic E-state index is -3.74. The van der Waals surface area contributed by atoms with E-state index < -0.39 is 28.1 Å². The molecule has 0 bridgehead atoms. The van der Waals surface area contributed by atoms with E-state index in [9.17, 15) is 17.6 Å². The van der Waals surface area contributed by atoms with E-state index >= 15 is 0 Å². The number of benzene rings is 2. The molecule has 0 fully saturated rings. The lowest BCUT2D eigenvalue weighted by atomic mass is 10.2. The number of sulfone groups is 1. The van der Waals surface area contributed by atoms with Crippen molar-refractivity contribution >= 4 is 42.4 Å². The second-order valence-corrected chi connectivity index (χ2v) is 8.96. The lowest BCUT2D eigenvalue weighted by molar-refractivity contribution is 0.0952. The van der Waals surface area contributed by atoms with Crippen LogP contribution in [0.4, 0.5) is 9.52 Å². The van der Waals surface area contributed by atoms with Gasteiger partial charge >= 0.3 is 0 Å². The summed E-state index contributed by atoms with van der Waals surface area (Å²) in [5.41, 5.74) is 0.715. The third-order valence-corrected chi connectivity index (χ3v) is 6.59. The van der Waals surface area contributed by atoms with Crippen molar-refractivity contribution in [2.24, 2.45) is 0 Å². The highest BCUT2D eigenvalue weighted by molar-refractivity contribution is 7.91. The predicted octanol–water partition coefficient (Wildman–Crippen LogP) is 2.04. The molecule has 2 aromatic carbocycles. The number of aliphatic hydroxyl groups excluding tert-OH is 1. The van der Waals surface area contributed by atoms with Gasteiger partial charge < -0.3 is 15.7 Å². The average Bonchev–Trinajstić information content (AvgIpc) is 3.07. The van der Waals surface area contributed by atoms with Crippen molar-refractivity contribution in [3.05, 3.63) is 53.8 Å². The van der Waals surface area contributed by atoms with Gasteiger partial charge in [-0.15, -0.1) is 0 Å². The lowest BCUT2D eigenvalue weighted by Gasteiger charge is -2.10. The van der Waals surface area contributed by atoms with Gasteiger partial charge in [-0.2, -0.15) is 0 Å². The fourth-order valence-corrected chi connectivity index (χ4v) is 4.73. The molecule has 3 N–H and O–H groups in total. The first kappa shape index (κ1) is 20.2. The average molecular weight is 423 g/mol. The Morgan fingerprint density at radius 3 is 2.75 bits per heavy atom. The maximum atomic E-state index is 13.2. The number of fused-ring (bicyclic) bond motifs is 1. The summed E-state index contributed by atoms with van der Waals surface area (Å²) in [5.74, 6) is -1.30. The number of nitrogens with one attached hydrogen (secondary N) is 2. The van der Waals surface area contributed by atoms with Crippen LogP contribution in [0.3, 0.4) is 0 Å². The van der Waals surface area contributed by atoms with E-state index in [1.807, 2.05) is 0 Å². The highest BCUT2D eigenvalue weighted by atomic mass is 32.2. The zero-order chi connectivity index (χ0) is 20.1. The molecule has 0 radical (unpaired) electrons. The Kier molecular flexibility index (Phi) is 6.22. The van der Waals surface area contributed by atoms with Crippen molar-refractivity contribution < 1.29 is 22.7 Å². The second-order valence-electron chi connectivity index (χ2n) is 5.85. The molecular formula is C18H18FN3O4S2. The van der Waals surface area contributed by atoms with Crippen molar-refractivity contribution in [1.29, 1.82) is 0 Å². The standard InChI is InChI=1S/C18H18FN3O4S2/c19-12-5-6-14-15(11-12)27-18(22-14)21-8-7-20-17(24)13-3-1-2-4-16(13)28(25,26)10-9-23/h1-6,11,23H,7-10H2,(H,20,24)(H,21,22). The lowest BCUT2D eigenvalue weighted by Crippen LogP contribution is -2.30. The quantitative estimate of drug-likeness (QED) is 0.479. The summed E-state index contributed by atoms with van der Waals surface area (Å²) in [6.07, 6.45) is 0. The molecule has 0 aliphatic heterocycles. The Balaban J connectivity index is 1.60. The summed E-state index contributed by atoms with van der Waals surface area (Å²) in [7, 11) is -3.74. The van der Waals surface area contributed by atoms with Crippen LogP contribution in [-0.4, -0.2) is 49.9 Å². The number of aromatic nitrogens is 1. The normalized spacial score (nSPS) is 11.5. The van der Waals surface area contributed by atoms with Crippen LogP contribution in [0, 0.1) is 5.82 Å². The monoisotopic (exact) mass is 423 g/mol. The Bertz CT molecular complexity index is 1100. The van der Waals surface area contributed by atoms with E-state index in [0.717, 1.165) is 4.70 Å². The van der Waals surface area contributed by atoms with Crippen molar-refractivity contribution in [2.45, 2.75) is 4.90 Å². The first-order valence-electron chi connectivity index (χ1n) is 8.41. The highest BCUT2D eigenvalue weighted by Gasteiger charge is 2.21. The summed E-state index contributed by atoms with van der Waals surface area (Å²) in [6.45, 7) is 0.0748. The van der Waals surface area contributed by atoms with E-state index in [4.69, 9.17) is 5.11 Å². The van der Waals surface area contributed by atoms with E-state index in [-0.39, 0.29) is 22.8 Å². The van der Waals surface area contributed by atoms with E-state index in [1.165, 1.54) is 41.7 Å². The van der Waals surface area contributed by atoms with Gasteiger partial charge in [0.1, 0.15) is 5.82 Å². The molecule has 3 rings (SSSR count). The molecule has 1 aromatic heterocycles. The number of nitrogens with zero attached hydrogens (tertiary/aromatic N) is 1. The molecule has 10 heteroatoms. The van der Waals surface area contributed by atoms with E-state index in [1.54, 1.807) is 12.1 Å². The summed E-state index contributed by atoms with van der Waals surface area (Å²) in [4.78, 5) is 16.6. The number of aliphatic hydroxyl groups is 1. The Labute approximate surface area is 165 Å². The van der Waals surface area contributed by atoms with Crippen LogP contribution in [0.15, 0.2) is 47.4 Å². The largest absolute Gasteiger partial charge is 0.395 e. The molecule has 1 amide bonds. The fraction of sp³-hybridized carbons (Fsp3) is 0.222. The molecule has 3 aromatic rings. The number of hydrogen-bond donors (Lipinski definition) is 3. The number of thiazole rings is 1. The third kappa shape index (κ3) is 4.64. The van der Waals surface area contributed by atoms with Gasteiger partial charge in [-0.1, -0.05) is 23.5 Å². The van der Waals surface area contributed by atoms with Gasteiger partial charge in [-0.05, 0) is 30.3 Å². The zero-order valence-corrected chi connectivity index (χ0v) is 16.3. The van der Waals surface area contributed by atoms with Crippen molar-refractivity contribution in [1.82, 2.24) is 10.3 Å². The number of hydrogen-bond acceptors (Lipinski definition) is 7. The topological polar surface area (TPSA) is 108 Å². The first-order chi connectivity index (χ1) is 13.4. The van der Waals surface area contributed by atoms with Gasteiger partial charge in [0, 0.05) is 13.1 Å². The molecule has 0 unspecified atom stereocenters. The highest BCUT2D eigenvalue weighted by Crippen LogP contribution is 2.26. The number of halogens is 1. The minimum Gasteiger partial charge on any atom is -0.395 e. The number of carbonyl (C=O) groups excluding carboxylic acids is 1. The second kappa shape index (κ2) is 8.63. The molecule has 148 valence electrons. The van der Waals surface area contributed by atoms with Gasteiger partial charge in [-0.25, -0.2) is 17.8 Å². The summed E-state index contributed by atoms with van der Waals surface area (Å²) in [5, 5.41) is 15.2. The number of carbonyl (C=O) groups is 1. The minimum absolute atomic E-state index is 0.0337. The van der Waals surface area contributed by atoms with E-state index in [0.29, 0.717) is 17.2 Å². The molecule has 0 aliphatic rings. The van der Waals surface area contributed by atoms with Crippen LogP contribution in [-0.2, 0) is 9.84 Å². The Hall–Kier alpha value is -2.56. The molecule has 1 heterocycles.